The topological polar surface area (TPSA) is 83.5 Å². The normalized spacial score (nSPS) is 10.9. The number of benzene rings is 1. The number of aromatic hydroxyl groups is 1. The fourth-order valence-electron chi connectivity index (χ4n) is 3.29. The minimum atomic E-state index is -0.855. The van der Waals surface area contributed by atoms with Crippen molar-refractivity contribution in [1.82, 2.24) is 0 Å². The Hall–Kier alpha value is -1.71. The van der Waals surface area contributed by atoms with E-state index in [4.69, 9.17) is 10.8 Å². The van der Waals surface area contributed by atoms with Crippen LogP contribution in [0.1, 0.15) is 88.7 Å². The van der Waals surface area contributed by atoms with E-state index in [9.17, 15) is 9.90 Å². The third-order valence-electron chi connectivity index (χ3n) is 4.81. The molecule has 0 unspecified atom stereocenters. The molecule has 142 valence electrons. The summed E-state index contributed by atoms with van der Waals surface area (Å²) in [5.41, 5.74) is 8.36. The van der Waals surface area contributed by atoms with E-state index in [1.807, 2.05) is 0 Å². The molecule has 0 bridgehead atoms. The quantitative estimate of drug-likeness (QED) is 0.237. The number of carboxylic acid groups (broad SMARTS) is 1. The average Bonchev–Trinajstić information content (AvgIpc) is 2.58. The molecule has 1 aromatic carbocycles. The number of nitrogens with two attached hydrogens (primary N) is 1. The van der Waals surface area contributed by atoms with Gasteiger partial charge in [0.15, 0.2) is 0 Å². The molecule has 0 heterocycles. The smallest absolute Gasteiger partial charge is 0.303 e. The first-order chi connectivity index (χ1) is 12.1. The molecule has 4 heteroatoms. The van der Waals surface area contributed by atoms with E-state index in [-0.39, 0.29) is 12.2 Å². The molecule has 0 aliphatic heterocycles. The SMILES string of the molecule is CCCCCCCCCCCCc1c(N)ccc(O)c1CCC(=O)O. The molecule has 0 saturated heterocycles. The fourth-order valence-corrected chi connectivity index (χ4v) is 3.29. The van der Waals surface area contributed by atoms with E-state index in [1.165, 1.54) is 51.4 Å². The Balaban J connectivity index is 2.32. The zero-order valence-electron chi connectivity index (χ0n) is 15.7. The van der Waals surface area contributed by atoms with Crippen LogP contribution in [0.15, 0.2) is 12.1 Å². The second-order valence-corrected chi connectivity index (χ2v) is 6.96. The number of hydrogen-bond acceptors (Lipinski definition) is 3. The van der Waals surface area contributed by atoms with Gasteiger partial charge in [0.1, 0.15) is 5.75 Å². The van der Waals surface area contributed by atoms with Gasteiger partial charge in [-0.15, -0.1) is 0 Å². The van der Waals surface area contributed by atoms with Crippen molar-refractivity contribution in [2.45, 2.75) is 90.4 Å². The van der Waals surface area contributed by atoms with Crippen molar-refractivity contribution in [2.24, 2.45) is 0 Å². The van der Waals surface area contributed by atoms with Crippen molar-refractivity contribution in [3.8, 4) is 5.75 Å². The Labute approximate surface area is 152 Å². The number of anilines is 1. The van der Waals surface area contributed by atoms with E-state index in [0.29, 0.717) is 17.7 Å². The van der Waals surface area contributed by atoms with Crippen LogP contribution < -0.4 is 5.73 Å². The molecule has 0 aliphatic carbocycles. The Morgan fingerprint density at radius 2 is 1.44 bits per heavy atom. The van der Waals surface area contributed by atoms with Crippen LogP contribution in [0.3, 0.4) is 0 Å². The van der Waals surface area contributed by atoms with Crippen LogP contribution in [0.25, 0.3) is 0 Å². The second kappa shape index (κ2) is 12.6. The zero-order valence-corrected chi connectivity index (χ0v) is 15.7. The predicted octanol–water partition coefficient (Wildman–Crippen LogP) is 5.46. The standard InChI is InChI=1S/C21H35NO3/c1-2-3-4-5-6-7-8-9-10-11-12-17-18(13-16-21(24)25)20(23)15-14-19(17)22/h14-15,23H,2-13,16,22H2,1H3,(H,24,25). The molecule has 0 saturated carbocycles. The van der Waals surface area contributed by atoms with Gasteiger partial charge >= 0.3 is 5.97 Å². The van der Waals surface area contributed by atoms with Crippen molar-refractivity contribution in [3.05, 3.63) is 23.3 Å². The highest BCUT2D eigenvalue weighted by Crippen LogP contribution is 2.29. The second-order valence-electron chi connectivity index (χ2n) is 6.96. The summed E-state index contributed by atoms with van der Waals surface area (Å²) in [7, 11) is 0. The molecule has 0 atom stereocenters. The van der Waals surface area contributed by atoms with Gasteiger partial charge in [0.25, 0.3) is 0 Å². The Kier molecular flexibility index (Phi) is 10.8. The fraction of sp³-hybridized carbons (Fsp3) is 0.667. The van der Waals surface area contributed by atoms with Crippen LogP contribution in [0.4, 0.5) is 5.69 Å². The minimum Gasteiger partial charge on any atom is -0.508 e. The van der Waals surface area contributed by atoms with E-state index >= 15 is 0 Å². The third kappa shape index (κ3) is 8.80. The number of phenols is 1. The van der Waals surface area contributed by atoms with Gasteiger partial charge in [-0.1, -0.05) is 64.7 Å². The van der Waals surface area contributed by atoms with Crippen LogP contribution in [0, 0.1) is 0 Å². The number of unbranched alkanes of at least 4 members (excludes halogenated alkanes) is 9. The molecule has 0 radical (unpaired) electrons. The van der Waals surface area contributed by atoms with E-state index < -0.39 is 5.97 Å². The maximum Gasteiger partial charge on any atom is 0.303 e. The Morgan fingerprint density at radius 1 is 0.880 bits per heavy atom. The number of hydrogen-bond donors (Lipinski definition) is 3. The summed E-state index contributed by atoms with van der Waals surface area (Å²) in [5, 5.41) is 18.9. The van der Waals surface area contributed by atoms with Crippen molar-refractivity contribution in [3.63, 3.8) is 0 Å². The average molecular weight is 350 g/mol. The Bertz CT molecular complexity index is 514. The summed E-state index contributed by atoms with van der Waals surface area (Å²) >= 11 is 0. The van der Waals surface area contributed by atoms with Crippen LogP contribution in [0.5, 0.6) is 5.75 Å². The molecule has 0 amide bonds. The van der Waals surface area contributed by atoms with Crippen LogP contribution >= 0.6 is 0 Å². The summed E-state index contributed by atoms with van der Waals surface area (Å²) < 4.78 is 0. The van der Waals surface area contributed by atoms with Gasteiger partial charge in [-0.3, -0.25) is 4.79 Å². The lowest BCUT2D eigenvalue weighted by molar-refractivity contribution is -0.136. The van der Waals surface area contributed by atoms with Gasteiger partial charge in [0, 0.05) is 12.1 Å². The molecular formula is C21H35NO3. The minimum absolute atomic E-state index is 0.0159. The highest BCUT2D eigenvalue weighted by molar-refractivity contribution is 5.68. The molecule has 0 aliphatic rings. The molecule has 1 aromatic rings. The Morgan fingerprint density at radius 3 is 2.00 bits per heavy atom. The van der Waals surface area contributed by atoms with Crippen molar-refractivity contribution < 1.29 is 15.0 Å². The summed E-state index contributed by atoms with van der Waals surface area (Å²) in [6.07, 6.45) is 13.9. The molecular weight excluding hydrogens is 314 g/mol. The van der Waals surface area contributed by atoms with Gasteiger partial charge in [-0.2, -0.15) is 0 Å². The molecule has 25 heavy (non-hydrogen) atoms. The highest BCUT2D eigenvalue weighted by Gasteiger charge is 2.12. The largest absolute Gasteiger partial charge is 0.508 e. The number of nitrogen functional groups attached to an aromatic ring is 1. The number of rotatable bonds is 14. The summed E-state index contributed by atoms with van der Waals surface area (Å²) in [6, 6.07) is 3.28. The molecule has 0 fully saturated rings. The van der Waals surface area contributed by atoms with E-state index in [0.717, 1.165) is 24.8 Å². The number of carbonyl (C=O) groups is 1. The molecule has 0 spiro atoms. The lowest BCUT2D eigenvalue weighted by Gasteiger charge is -2.14. The van der Waals surface area contributed by atoms with Gasteiger partial charge < -0.3 is 15.9 Å². The third-order valence-corrected chi connectivity index (χ3v) is 4.81. The maximum atomic E-state index is 10.8. The van der Waals surface area contributed by atoms with Gasteiger partial charge in [-0.25, -0.2) is 0 Å². The molecule has 0 aromatic heterocycles. The first-order valence-corrected chi connectivity index (χ1v) is 9.87. The van der Waals surface area contributed by atoms with Crippen molar-refractivity contribution in [1.29, 1.82) is 0 Å². The highest BCUT2D eigenvalue weighted by atomic mass is 16.4. The number of carboxylic acids is 1. The first kappa shape index (κ1) is 21.3. The molecule has 1 rings (SSSR count). The summed E-state index contributed by atoms with van der Waals surface area (Å²) in [4.78, 5) is 10.8. The van der Waals surface area contributed by atoms with Crippen LogP contribution in [-0.2, 0) is 17.6 Å². The predicted molar refractivity (Wildman–Crippen MR) is 104 cm³/mol. The molecule has 4 N–H and O–H groups in total. The number of aliphatic carboxylic acids is 1. The summed E-state index contributed by atoms with van der Waals surface area (Å²) in [6.45, 7) is 2.24. The van der Waals surface area contributed by atoms with Crippen molar-refractivity contribution in [2.75, 3.05) is 5.73 Å². The lowest BCUT2D eigenvalue weighted by atomic mass is 9.95. The van der Waals surface area contributed by atoms with Gasteiger partial charge in [0.2, 0.25) is 0 Å². The maximum absolute atomic E-state index is 10.8. The molecule has 4 nitrogen and oxygen atoms in total. The van der Waals surface area contributed by atoms with Gasteiger partial charge in [-0.05, 0) is 42.5 Å². The summed E-state index contributed by atoms with van der Waals surface area (Å²) in [5.74, 6) is -0.691. The monoisotopic (exact) mass is 349 g/mol. The van der Waals surface area contributed by atoms with E-state index in [2.05, 4.69) is 6.92 Å². The zero-order chi connectivity index (χ0) is 18.5. The van der Waals surface area contributed by atoms with E-state index in [1.54, 1.807) is 12.1 Å². The van der Waals surface area contributed by atoms with Gasteiger partial charge in [0.05, 0.1) is 0 Å². The lowest BCUT2D eigenvalue weighted by Crippen LogP contribution is -2.04. The first-order valence-electron chi connectivity index (χ1n) is 9.87. The van der Waals surface area contributed by atoms with Crippen molar-refractivity contribution >= 4 is 11.7 Å². The number of phenolic OH excluding ortho intramolecular Hbond substituents is 1. The van der Waals surface area contributed by atoms with Crippen LogP contribution in [0.2, 0.25) is 0 Å². The van der Waals surface area contributed by atoms with Crippen LogP contribution in [-0.4, -0.2) is 16.2 Å².